The fraction of sp³-hybridized carbons (Fsp3) is 0.130. The number of hydrogen-bond donors (Lipinski definition) is 3. The second-order valence-corrected chi connectivity index (χ2v) is 8.75. The summed E-state index contributed by atoms with van der Waals surface area (Å²) in [6.45, 7) is -0.289. The topological polar surface area (TPSA) is 128 Å². The van der Waals surface area contributed by atoms with Crippen molar-refractivity contribution in [3.05, 3.63) is 90.2 Å². The Bertz CT molecular complexity index is 1220. The zero-order valence-electron chi connectivity index (χ0n) is 17.4. The Hall–Kier alpha value is -3.76. The highest BCUT2D eigenvalue weighted by Crippen LogP contribution is 2.18. The minimum atomic E-state index is -4.32. The van der Waals surface area contributed by atoms with Gasteiger partial charge in [0.15, 0.2) is 6.61 Å². The molecule has 0 fully saturated rings. The Balaban J connectivity index is 1.79. The Morgan fingerprint density at radius 3 is 2.21 bits per heavy atom. The molecule has 0 radical (unpaired) electrons. The van der Waals surface area contributed by atoms with E-state index < -0.39 is 38.6 Å². The quantitative estimate of drug-likeness (QED) is 0.418. The number of ether oxygens (including phenoxy) is 1. The van der Waals surface area contributed by atoms with Crippen molar-refractivity contribution in [1.29, 1.82) is 0 Å². The minimum absolute atomic E-state index is 0.0418. The predicted octanol–water partition coefficient (Wildman–Crippen LogP) is 2.22. The van der Waals surface area contributed by atoms with Crippen molar-refractivity contribution >= 4 is 27.5 Å². The number of hydrogen-bond acceptors (Lipinski definition) is 5. The number of sulfonamides is 1. The molecule has 3 rings (SSSR count). The number of carbonyl (C=O) groups is 2. The van der Waals surface area contributed by atoms with Crippen molar-refractivity contribution in [2.24, 2.45) is 5.73 Å². The highest BCUT2D eigenvalue weighted by molar-refractivity contribution is 7.89. The largest absolute Gasteiger partial charge is 0.484 e. The maximum atomic E-state index is 14.1. The molecule has 0 aliphatic heterocycles. The van der Waals surface area contributed by atoms with Crippen LogP contribution in [0, 0.1) is 5.82 Å². The molecule has 4 N–H and O–H groups in total. The third-order valence-electron chi connectivity index (χ3n) is 4.53. The molecule has 3 aromatic rings. The van der Waals surface area contributed by atoms with Crippen LogP contribution in [0.3, 0.4) is 0 Å². The van der Waals surface area contributed by atoms with Gasteiger partial charge in [-0.3, -0.25) is 9.59 Å². The van der Waals surface area contributed by atoms with Crippen LogP contribution < -0.4 is 20.5 Å². The molecular formula is C23H22FN3O5S. The first kappa shape index (κ1) is 23.9. The average molecular weight is 472 g/mol. The number of halogens is 1. The summed E-state index contributed by atoms with van der Waals surface area (Å²) >= 11 is 0. The van der Waals surface area contributed by atoms with E-state index in [2.05, 4.69) is 10.0 Å². The molecule has 0 aliphatic rings. The summed E-state index contributed by atoms with van der Waals surface area (Å²) in [5, 5.41) is 2.64. The average Bonchev–Trinajstić information content (AvgIpc) is 2.79. The number of benzene rings is 3. The maximum absolute atomic E-state index is 14.1. The number of amides is 2. The van der Waals surface area contributed by atoms with Crippen molar-refractivity contribution in [2.75, 3.05) is 11.9 Å². The van der Waals surface area contributed by atoms with Gasteiger partial charge >= 0.3 is 0 Å². The number of nitrogens with one attached hydrogen (secondary N) is 2. The lowest BCUT2D eigenvalue weighted by Gasteiger charge is -2.19. The lowest BCUT2D eigenvalue weighted by atomic mass is 10.1. The molecule has 1 unspecified atom stereocenters. The van der Waals surface area contributed by atoms with Gasteiger partial charge in [0.25, 0.3) is 5.91 Å². The molecule has 0 bridgehead atoms. The van der Waals surface area contributed by atoms with Crippen LogP contribution in [0.1, 0.15) is 5.56 Å². The van der Waals surface area contributed by atoms with Crippen molar-refractivity contribution in [3.8, 4) is 5.75 Å². The van der Waals surface area contributed by atoms with Gasteiger partial charge in [-0.1, -0.05) is 42.5 Å². The minimum Gasteiger partial charge on any atom is -0.484 e. The summed E-state index contributed by atoms with van der Waals surface area (Å²) in [5.41, 5.74) is 6.12. The Morgan fingerprint density at radius 1 is 0.939 bits per heavy atom. The first-order chi connectivity index (χ1) is 15.7. The SMILES string of the molecule is NC(=O)COc1ccc(NC(=O)C(Cc2ccccc2)NS(=O)(=O)c2ccccc2F)cc1. The van der Waals surface area contributed by atoms with Crippen LogP contribution in [0.5, 0.6) is 5.75 Å². The number of rotatable bonds is 10. The fourth-order valence-corrected chi connectivity index (χ4v) is 4.24. The number of carbonyl (C=O) groups excluding carboxylic acids is 2. The highest BCUT2D eigenvalue weighted by atomic mass is 32.2. The van der Waals surface area contributed by atoms with Gasteiger partial charge in [0.2, 0.25) is 15.9 Å². The van der Waals surface area contributed by atoms with Crippen molar-refractivity contribution in [2.45, 2.75) is 17.4 Å². The number of primary amides is 1. The third kappa shape index (κ3) is 6.86. The van der Waals surface area contributed by atoms with Gasteiger partial charge in [0, 0.05) is 5.69 Å². The van der Waals surface area contributed by atoms with Crippen LogP contribution >= 0.6 is 0 Å². The molecule has 0 spiro atoms. The van der Waals surface area contributed by atoms with Crippen molar-refractivity contribution < 1.29 is 27.1 Å². The molecule has 8 nitrogen and oxygen atoms in total. The van der Waals surface area contributed by atoms with Crippen molar-refractivity contribution in [3.63, 3.8) is 0 Å². The Labute approximate surface area is 190 Å². The molecule has 172 valence electrons. The second-order valence-electron chi connectivity index (χ2n) is 7.06. The van der Waals surface area contributed by atoms with Crippen molar-refractivity contribution in [1.82, 2.24) is 4.72 Å². The van der Waals surface area contributed by atoms with Crippen LogP contribution in [0.15, 0.2) is 83.8 Å². The number of nitrogens with two attached hydrogens (primary N) is 1. The van der Waals surface area contributed by atoms with Crippen LogP contribution in [-0.4, -0.2) is 32.9 Å². The number of anilines is 1. The van der Waals surface area contributed by atoms with Crippen LogP contribution in [-0.2, 0) is 26.0 Å². The molecule has 10 heteroatoms. The van der Waals surface area contributed by atoms with Gasteiger partial charge in [0.05, 0.1) is 0 Å². The molecule has 0 heterocycles. The van der Waals surface area contributed by atoms with E-state index in [-0.39, 0.29) is 13.0 Å². The van der Waals surface area contributed by atoms with Crippen LogP contribution in [0.2, 0.25) is 0 Å². The molecule has 0 aliphatic carbocycles. The van der Waals surface area contributed by atoms with Gasteiger partial charge in [-0.05, 0) is 48.4 Å². The first-order valence-corrected chi connectivity index (χ1v) is 11.4. The normalized spacial score (nSPS) is 12.0. The van der Waals surface area contributed by atoms with E-state index in [4.69, 9.17) is 10.5 Å². The fourth-order valence-electron chi connectivity index (χ4n) is 2.97. The zero-order chi connectivity index (χ0) is 23.8. The third-order valence-corrected chi connectivity index (χ3v) is 6.03. The van der Waals surface area contributed by atoms with Gasteiger partial charge in [-0.25, -0.2) is 12.8 Å². The monoisotopic (exact) mass is 471 g/mol. The summed E-state index contributed by atoms with van der Waals surface area (Å²) in [6, 6.07) is 18.6. The van der Waals surface area contributed by atoms with Gasteiger partial charge in [-0.2, -0.15) is 4.72 Å². The molecule has 0 saturated heterocycles. The Kier molecular flexibility index (Phi) is 7.75. The summed E-state index contributed by atoms with van der Waals surface area (Å²) < 4.78 is 47.2. The molecule has 1 atom stereocenters. The van der Waals surface area contributed by atoms with E-state index in [1.54, 1.807) is 30.3 Å². The lowest BCUT2D eigenvalue weighted by molar-refractivity contribution is -0.120. The molecule has 2 amide bonds. The van der Waals surface area contributed by atoms with E-state index >= 15 is 0 Å². The highest BCUT2D eigenvalue weighted by Gasteiger charge is 2.28. The van der Waals surface area contributed by atoms with E-state index in [9.17, 15) is 22.4 Å². The van der Waals surface area contributed by atoms with E-state index in [1.807, 2.05) is 0 Å². The van der Waals surface area contributed by atoms with Gasteiger partial charge in [0.1, 0.15) is 22.5 Å². The smallest absolute Gasteiger partial charge is 0.255 e. The van der Waals surface area contributed by atoms with E-state index in [0.717, 1.165) is 12.1 Å². The zero-order valence-corrected chi connectivity index (χ0v) is 18.2. The van der Waals surface area contributed by atoms with Gasteiger partial charge < -0.3 is 15.8 Å². The summed E-state index contributed by atoms with van der Waals surface area (Å²) in [4.78, 5) is 23.2. The van der Waals surface area contributed by atoms with E-state index in [1.165, 1.54) is 36.4 Å². The second kappa shape index (κ2) is 10.7. The standard InChI is InChI=1S/C23H22FN3O5S/c24-19-8-4-5-9-21(19)33(30,31)27-20(14-16-6-2-1-3-7-16)23(29)26-17-10-12-18(13-11-17)32-15-22(25)28/h1-13,20,27H,14-15H2,(H2,25,28)(H,26,29). The molecule has 33 heavy (non-hydrogen) atoms. The Morgan fingerprint density at radius 2 is 1.58 bits per heavy atom. The lowest BCUT2D eigenvalue weighted by Crippen LogP contribution is -2.45. The predicted molar refractivity (Wildman–Crippen MR) is 120 cm³/mol. The van der Waals surface area contributed by atoms with Crippen LogP contribution in [0.4, 0.5) is 10.1 Å². The van der Waals surface area contributed by atoms with E-state index in [0.29, 0.717) is 17.0 Å². The molecular weight excluding hydrogens is 449 g/mol. The van der Waals surface area contributed by atoms with Gasteiger partial charge in [-0.15, -0.1) is 0 Å². The molecule has 0 saturated carbocycles. The first-order valence-electron chi connectivity index (χ1n) is 9.87. The summed E-state index contributed by atoms with van der Waals surface area (Å²) in [5.74, 6) is -1.81. The van der Waals surface area contributed by atoms with Crippen LogP contribution in [0.25, 0.3) is 0 Å². The molecule has 0 aromatic heterocycles. The summed E-state index contributed by atoms with van der Waals surface area (Å²) in [7, 11) is -4.32. The maximum Gasteiger partial charge on any atom is 0.255 e. The summed E-state index contributed by atoms with van der Waals surface area (Å²) in [6.07, 6.45) is 0.0418. The molecule has 3 aromatic carbocycles.